The molecule has 0 bridgehead atoms. The summed E-state index contributed by atoms with van der Waals surface area (Å²) in [7, 11) is 0. The van der Waals surface area contributed by atoms with E-state index in [1.165, 1.54) is 0 Å². The van der Waals surface area contributed by atoms with Crippen LogP contribution >= 0.6 is 11.6 Å². The van der Waals surface area contributed by atoms with E-state index in [0.29, 0.717) is 42.9 Å². The van der Waals surface area contributed by atoms with Gasteiger partial charge in [-0.25, -0.2) is 0 Å². The van der Waals surface area contributed by atoms with Gasteiger partial charge in [-0.2, -0.15) is 0 Å². The molecule has 1 saturated heterocycles. The fourth-order valence-electron chi connectivity index (χ4n) is 3.97. The van der Waals surface area contributed by atoms with E-state index in [0.717, 1.165) is 30.2 Å². The number of fused-ring (bicyclic) bond motifs is 1. The number of amides is 2. The van der Waals surface area contributed by atoms with E-state index in [-0.39, 0.29) is 23.8 Å². The second-order valence-corrected chi connectivity index (χ2v) is 8.83. The summed E-state index contributed by atoms with van der Waals surface area (Å²) in [6.07, 6.45) is 2.71. The zero-order valence-corrected chi connectivity index (χ0v) is 18.8. The van der Waals surface area contributed by atoms with Crippen molar-refractivity contribution >= 4 is 34.3 Å². The second-order valence-electron chi connectivity index (χ2n) is 8.40. The van der Waals surface area contributed by atoms with Gasteiger partial charge in [-0.15, -0.1) is 0 Å². The molecule has 30 heavy (non-hydrogen) atoms. The Morgan fingerprint density at radius 2 is 1.97 bits per heavy atom. The second kappa shape index (κ2) is 10.3. The molecule has 1 aromatic heterocycles. The number of H-pyrrole nitrogens is 1. The van der Waals surface area contributed by atoms with E-state index in [2.05, 4.69) is 10.3 Å². The number of hydrogen-bond acceptors (Lipinski definition) is 3. The molecule has 2 amide bonds. The number of carbonyl (C=O) groups excluding carboxylic acids is 2. The van der Waals surface area contributed by atoms with Gasteiger partial charge in [0.25, 0.3) is 5.91 Å². The number of benzene rings is 1. The molecule has 0 saturated carbocycles. The molecule has 1 fully saturated rings. The van der Waals surface area contributed by atoms with Gasteiger partial charge in [0, 0.05) is 48.1 Å². The topological polar surface area (TPSA) is 74.4 Å². The minimum atomic E-state index is -0.0523. The quantitative estimate of drug-likeness (QED) is 0.611. The van der Waals surface area contributed by atoms with Crippen molar-refractivity contribution < 1.29 is 14.3 Å². The van der Waals surface area contributed by atoms with Gasteiger partial charge in [0.05, 0.1) is 6.10 Å². The highest BCUT2D eigenvalue weighted by Crippen LogP contribution is 2.27. The summed E-state index contributed by atoms with van der Waals surface area (Å²) in [5, 5.41) is 4.61. The number of aromatic nitrogens is 1. The van der Waals surface area contributed by atoms with Crippen molar-refractivity contribution in [3.63, 3.8) is 0 Å². The number of halogens is 1. The van der Waals surface area contributed by atoms with Crippen molar-refractivity contribution in [2.24, 2.45) is 11.8 Å². The maximum Gasteiger partial charge on any atom is 0.270 e. The number of carbonyl (C=O) groups is 2. The van der Waals surface area contributed by atoms with Crippen LogP contribution in [0.25, 0.3) is 10.9 Å². The van der Waals surface area contributed by atoms with Gasteiger partial charge in [0.15, 0.2) is 0 Å². The van der Waals surface area contributed by atoms with Crippen LogP contribution in [0.2, 0.25) is 5.02 Å². The van der Waals surface area contributed by atoms with Crippen molar-refractivity contribution in [1.82, 2.24) is 15.2 Å². The van der Waals surface area contributed by atoms with E-state index in [1.807, 2.05) is 49.9 Å². The average molecular weight is 434 g/mol. The van der Waals surface area contributed by atoms with E-state index >= 15 is 0 Å². The summed E-state index contributed by atoms with van der Waals surface area (Å²) in [4.78, 5) is 30.4. The van der Waals surface area contributed by atoms with Crippen molar-refractivity contribution in [3.05, 3.63) is 35.0 Å². The maximum absolute atomic E-state index is 12.9. The molecule has 1 atom stereocenters. The number of nitrogens with one attached hydrogen (secondary N) is 2. The highest BCUT2D eigenvalue weighted by molar-refractivity contribution is 6.31. The molecule has 2 N–H and O–H groups in total. The molecule has 164 valence electrons. The summed E-state index contributed by atoms with van der Waals surface area (Å²) in [6, 6.07) is 7.40. The van der Waals surface area contributed by atoms with Gasteiger partial charge >= 0.3 is 0 Å². The number of nitrogens with zero attached hydrogens (tertiary/aromatic N) is 1. The largest absolute Gasteiger partial charge is 0.379 e. The number of hydrogen-bond donors (Lipinski definition) is 2. The minimum absolute atomic E-state index is 0.00281. The number of ether oxygens (including phenoxy) is 1. The Kier molecular flexibility index (Phi) is 7.78. The standard InChI is InChI=1S/C23H32ClN3O3/c1-15(2)30-12-4-9-25-22(28)16(3)17-7-10-27(11-8-17)23(29)21-14-18-13-19(24)5-6-20(18)26-21/h5-6,13-17,26H,4,7-12H2,1-3H3,(H,25,28). The SMILES string of the molecule is CC(C)OCCCNC(=O)C(C)C1CCN(C(=O)c2cc3cc(Cl)ccc3[nH]2)CC1. The molecule has 2 heterocycles. The maximum atomic E-state index is 12.9. The highest BCUT2D eigenvalue weighted by atomic mass is 35.5. The molecule has 1 aliphatic rings. The average Bonchev–Trinajstić information content (AvgIpc) is 3.15. The number of aromatic amines is 1. The molecule has 0 aliphatic carbocycles. The number of likely N-dealkylation sites (tertiary alicyclic amines) is 1. The smallest absolute Gasteiger partial charge is 0.270 e. The first-order chi connectivity index (χ1) is 14.3. The fourth-order valence-corrected chi connectivity index (χ4v) is 4.15. The van der Waals surface area contributed by atoms with Gasteiger partial charge in [0.2, 0.25) is 5.91 Å². The van der Waals surface area contributed by atoms with Gasteiger partial charge in [-0.1, -0.05) is 18.5 Å². The first kappa shape index (κ1) is 22.6. The Labute approximate surface area is 183 Å². The van der Waals surface area contributed by atoms with Crippen molar-refractivity contribution in [3.8, 4) is 0 Å². The number of piperidine rings is 1. The molecule has 0 spiro atoms. The van der Waals surface area contributed by atoms with E-state index < -0.39 is 0 Å². The van der Waals surface area contributed by atoms with Crippen LogP contribution in [-0.4, -0.2) is 54.0 Å². The zero-order valence-electron chi connectivity index (χ0n) is 18.0. The molecule has 7 heteroatoms. The van der Waals surface area contributed by atoms with Crippen molar-refractivity contribution in [1.29, 1.82) is 0 Å². The summed E-state index contributed by atoms with van der Waals surface area (Å²) < 4.78 is 5.50. The summed E-state index contributed by atoms with van der Waals surface area (Å²) >= 11 is 6.04. The molecule has 1 unspecified atom stereocenters. The van der Waals surface area contributed by atoms with Gasteiger partial charge in [-0.05, 0) is 63.3 Å². The zero-order chi connectivity index (χ0) is 21.7. The predicted molar refractivity (Wildman–Crippen MR) is 120 cm³/mol. The first-order valence-corrected chi connectivity index (χ1v) is 11.2. The van der Waals surface area contributed by atoms with E-state index in [9.17, 15) is 9.59 Å². The normalized spacial score (nSPS) is 16.2. The van der Waals surface area contributed by atoms with Crippen LogP contribution < -0.4 is 5.32 Å². The Hall–Kier alpha value is -2.05. The van der Waals surface area contributed by atoms with Crippen LogP contribution in [0.3, 0.4) is 0 Å². The third kappa shape index (κ3) is 5.76. The van der Waals surface area contributed by atoms with Crippen molar-refractivity contribution in [2.75, 3.05) is 26.2 Å². The Morgan fingerprint density at radius 1 is 1.23 bits per heavy atom. The van der Waals surface area contributed by atoms with Crippen LogP contribution in [0.1, 0.15) is 50.5 Å². The molecular formula is C23H32ClN3O3. The Balaban J connectivity index is 1.46. The lowest BCUT2D eigenvalue weighted by Gasteiger charge is -2.34. The van der Waals surface area contributed by atoms with Crippen LogP contribution in [-0.2, 0) is 9.53 Å². The molecule has 2 aromatic rings. The van der Waals surface area contributed by atoms with Gasteiger partial charge < -0.3 is 19.9 Å². The lowest BCUT2D eigenvalue weighted by Crippen LogP contribution is -2.43. The van der Waals surface area contributed by atoms with E-state index in [4.69, 9.17) is 16.3 Å². The summed E-state index contributed by atoms with van der Waals surface area (Å²) in [5.41, 5.74) is 1.49. The molecule has 6 nitrogen and oxygen atoms in total. The lowest BCUT2D eigenvalue weighted by molar-refractivity contribution is -0.126. The number of rotatable bonds is 8. The van der Waals surface area contributed by atoms with Crippen LogP contribution in [0.4, 0.5) is 0 Å². The summed E-state index contributed by atoms with van der Waals surface area (Å²) in [5.74, 6) is 0.339. The van der Waals surface area contributed by atoms with E-state index in [1.54, 1.807) is 0 Å². The molecule has 1 aliphatic heterocycles. The Bertz CT molecular complexity index is 872. The van der Waals surface area contributed by atoms with Gasteiger partial charge in [-0.3, -0.25) is 9.59 Å². The Morgan fingerprint density at radius 3 is 2.67 bits per heavy atom. The van der Waals surface area contributed by atoms with Crippen LogP contribution in [0.5, 0.6) is 0 Å². The molecule has 0 radical (unpaired) electrons. The third-order valence-corrected chi connectivity index (χ3v) is 6.07. The lowest BCUT2D eigenvalue weighted by atomic mass is 9.84. The van der Waals surface area contributed by atoms with Gasteiger partial charge in [0.1, 0.15) is 5.69 Å². The predicted octanol–water partition coefficient (Wildman–Crippen LogP) is 4.24. The molecule has 1 aromatic carbocycles. The monoisotopic (exact) mass is 433 g/mol. The molecule has 3 rings (SSSR count). The first-order valence-electron chi connectivity index (χ1n) is 10.8. The van der Waals surface area contributed by atoms with Crippen LogP contribution in [0, 0.1) is 11.8 Å². The fraction of sp³-hybridized carbons (Fsp3) is 0.565. The minimum Gasteiger partial charge on any atom is -0.379 e. The van der Waals surface area contributed by atoms with Crippen molar-refractivity contribution in [2.45, 2.75) is 46.1 Å². The highest BCUT2D eigenvalue weighted by Gasteiger charge is 2.30. The van der Waals surface area contributed by atoms with Crippen LogP contribution in [0.15, 0.2) is 24.3 Å². The third-order valence-electron chi connectivity index (χ3n) is 5.83. The summed E-state index contributed by atoms with van der Waals surface area (Å²) in [6.45, 7) is 8.63. The molecular weight excluding hydrogens is 402 g/mol.